The second-order valence-corrected chi connectivity index (χ2v) is 0.316. The molecule has 32 valence electrons. The molecule has 0 aliphatic carbocycles. The average molecular weight is 92.1 g/mol. The molecule has 0 atom stereocenters. The summed E-state index contributed by atoms with van der Waals surface area (Å²) >= 11 is 0.306. The fraction of sp³-hybridized carbons (Fsp3) is 1.00. The Labute approximate surface area is 40.2 Å². The second kappa shape index (κ2) is 25.2. The van der Waals surface area contributed by atoms with Gasteiger partial charge in [0.1, 0.15) is 0 Å². The Morgan fingerprint density at radius 3 is 1.60 bits per heavy atom. The first-order chi connectivity index (χ1) is 2.41. The first kappa shape index (κ1) is 9.07. The zero-order chi connectivity index (χ0) is 4.71. The highest BCUT2D eigenvalue weighted by molar-refractivity contribution is 5.95. The predicted octanol–water partition coefficient (Wildman–Crippen LogP) is -1.47. The molecule has 0 heterocycles. The molecule has 2 nitrogen and oxygen atoms in total. The molecule has 3 heteroatoms. The van der Waals surface area contributed by atoms with E-state index in [-0.39, 0.29) is 6.61 Å². The summed E-state index contributed by atoms with van der Waals surface area (Å²) in [7, 11) is 0. The van der Waals surface area contributed by atoms with E-state index in [9.17, 15) is 0 Å². The van der Waals surface area contributed by atoms with Crippen LogP contribution in [0.25, 0.3) is 0 Å². The zero-order valence-corrected chi connectivity index (χ0v) is 5.60. The van der Waals surface area contributed by atoms with Crippen molar-refractivity contribution in [1.82, 2.24) is 0 Å². The van der Waals surface area contributed by atoms with Crippen LogP contribution in [0.2, 0.25) is 0 Å². The summed E-state index contributed by atoms with van der Waals surface area (Å²) in [5.74, 6) is 0. The van der Waals surface area contributed by atoms with Gasteiger partial charge in [-0.1, -0.05) is 0 Å². The molecular weight excluding hydrogens is 83.0 g/mol. The lowest BCUT2D eigenvalue weighted by molar-refractivity contribution is 0.318. The Morgan fingerprint density at radius 2 is 1.60 bits per heavy atom. The van der Waals surface area contributed by atoms with Gasteiger partial charge in [0.2, 0.25) is 0 Å². The van der Waals surface area contributed by atoms with Crippen molar-refractivity contribution in [3.8, 4) is 0 Å². The van der Waals surface area contributed by atoms with E-state index in [2.05, 4.69) is 0 Å². The molecule has 0 amide bonds. The smallest absolute Gasteiger partial charge is 0.407 e. The molecule has 5 heavy (non-hydrogen) atoms. The van der Waals surface area contributed by atoms with E-state index >= 15 is 0 Å². The van der Waals surface area contributed by atoms with Crippen LogP contribution < -0.4 is 0 Å². The van der Waals surface area contributed by atoms with Crippen LogP contribution in [0.15, 0.2) is 0 Å². The molecule has 0 aliphatic heterocycles. The highest BCUT2D eigenvalue weighted by Crippen LogP contribution is 1.30. The van der Waals surface area contributed by atoms with Gasteiger partial charge in [-0.25, -0.2) is 0 Å². The molecule has 0 saturated heterocycles. The van der Waals surface area contributed by atoms with Crippen molar-refractivity contribution in [1.29, 1.82) is 0 Å². The third-order valence-electron chi connectivity index (χ3n) is 0. The molecule has 0 saturated carbocycles. The average Bonchev–Trinajstić information content (AvgIpc) is 1.46. The van der Waals surface area contributed by atoms with Crippen LogP contribution in [0.1, 0.15) is 6.92 Å². The first-order valence-electron chi connectivity index (χ1n) is 1.47. The Bertz CT molecular complexity index is 7.61. The van der Waals surface area contributed by atoms with Gasteiger partial charge >= 0.3 is 16.6 Å². The van der Waals surface area contributed by atoms with Crippen LogP contribution in [0.3, 0.4) is 0 Å². The molecule has 0 fully saturated rings. The van der Waals surface area contributed by atoms with Crippen LogP contribution in [0.5, 0.6) is 0 Å². The molecule has 0 rings (SSSR count). The summed E-state index contributed by atoms with van der Waals surface area (Å²) in [6.07, 6.45) is 0. The van der Waals surface area contributed by atoms with Crippen molar-refractivity contribution in [3.63, 3.8) is 0 Å². The van der Waals surface area contributed by atoms with E-state index in [0.717, 1.165) is 0 Å². The molecule has 0 aromatic heterocycles. The van der Waals surface area contributed by atoms with Gasteiger partial charge in [0.25, 0.3) is 0 Å². The molecule has 0 unspecified atom stereocenters. The maximum Gasteiger partial charge on any atom is 0.407 e. The van der Waals surface area contributed by atoms with E-state index in [1.165, 1.54) is 0 Å². The van der Waals surface area contributed by atoms with Crippen molar-refractivity contribution in [3.05, 3.63) is 0 Å². The summed E-state index contributed by atoms with van der Waals surface area (Å²) in [6, 6.07) is 0. The van der Waals surface area contributed by atoms with Gasteiger partial charge in [0.15, 0.2) is 0 Å². The molecular formula is C2H9AlO2. The summed E-state index contributed by atoms with van der Waals surface area (Å²) in [5.41, 5.74) is 0. The summed E-state index contributed by atoms with van der Waals surface area (Å²) in [6.45, 7) is 1.93. The van der Waals surface area contributed by atoms with Crippen molar-refractivity contribution in [2.75, 3.05) is 6.61 Å². The largest absolute Gasteiger partial charge is 0.521 e. The van der Waals surface area contributed by atoms with E-state index in [4.69, 9.17) is 9.26 Å². The minimum absolute atomic E-state index is 0.250. The third kappa shape index (κ3) is 131. The van der Waals surface area contributed by atoms with Gasteiger partial charge in [0.05, 0.1) is 0 Å². The Hall–Kier alpha value is 0.452. The van der Waals surface area contributed by atoms with Crippen LogP contribution in [0.4, 0.5) is 0 Å². The zero-order valence-electron chi connectivity index (χ0n) is 3.60. The lowest BCUT2D eigenvalue weighted by Gasteiger charge is -1.52. The molecule has 0 aromatic rings. The van der Waals surface area contributed by atoms with Crippen LogP contribution in [-0.4, -0.2) is 32.5 Å². The van der Waals surface area contributed by atoms with E-state index in [1.54, 1.807) is 6.92 Å². The highest BCUT2D eigenvalue weighted by Gasteiger charge is 1.34. The Morgan fingerprint density at radius 1 is 1.60 bits per heavy atom. The standard InChI is InChI=1S/C2H6O.Al.H2O.2H/c1-2-3;;;;/h3H,2H2,1H3;;1H2;;/q;+1;;;/p-1. The minimum atomic E-state index is 0.250. The first-order valence-corrected chi connectivity index (χ1v) is 2.36. The van der Waals surface area contributed by atoms with Gasteiger partial charge in [0, 0.05) is 6.61 Å². The van der Waals surface area contributed by atoms with Crippen LogP contribution in [-0.2, 0) is 0 Å². The number of aliphatic hydroxyl groups is 1. The highest BCUT2D eigenvalue weighted by atomic mass is 27.1. The number of aliphatic hydroxyl groups excluding tert-OH is 1. The van der Waals surface area contributed by atoms with Crippen molar-refractivity contribution in [2.24, 2.45) is 0 Å². The lowest BCUT2D eigenvalue weighted by atomic mass is 10.9. The van der Waals surface area contributed by atoms with Crippen molar-refractivity contribution in [2.45, 2.75) is 6.92 Å². The summed E-state index contributed by atoms with van der Waals surface area (Å²) < 4.78 is 7.14. The lowest BCUT2D eigenvalue weighted by Crippen LogP contribution is -1.57. The van der Waals surface area contributed by atoms with Crippen molar-refractivity contribution >= 4 is 16.6 Å². The monoisotopic (exact) mass is 92.0 g/mol. The fourth-order valence-electron chi connectivity index (χ4n) is 0. The Kier molecular flexibility index (Phi) is 45.6. The predicted molar refractivity (Wildman–Crippen MR) is 23.5 cm³/mol. The molecule has 0 spiro atoms. The van der Waals surface area contributed by atoms with Gasteiger partial charge < -0.3 is 9.26 Å². The second-order valence-electron chi connectivity index (χ2n) is 0.316. The van der Waals surface area contributed by atoms with Crippen LogP contribution in [0, 0.1) is 0 Å². The maximum atomic E-state index is 7.57. The SMILES string of the molecule is CCO.[OH][AlH2]. The Balaban J connectivity index is 0. The van der Waals surface area contributed by atoms with E-state index < -0.39 is 0 Å². The third-order valence-corrected chi connectivity index (χ3v) is 0. The summed E-state index contributed by atoms with van der Waals surface area (Å²) in [4.78, 5) is 0. The van der Waals surface area contributed by atoms with Gasteiger partial charge in [-0.3, -0.25) is 0 Å². The normalized spacial score (nSPS) is 4.60. The molecule has 0 bridgehead atoms. The van der Waals surface area contributed by atoms with E-state index in [0.29, 0.717) is 16.6 Å². The van der Waals surface area contributed by atoms with Crippen molar-refractivity contribution < 1.29 is 9.26 Å². The fourth-order valence-corrected chi connectivity index (χ4v) is 0. The number of hydrogen-bond acceptors (Lipinski definition) is 2. The number of rotatable bonds is 0. The van der Waals surface area contributed by atoms with Gasteiger partial charge in [-0.15, -0.1) is 0 Å². The van der Waals surface area contributed by atoms with E-state index in [1.807, 2.05) is 0 Å². The molecule has 0 aromatic carbocycles. The molecule has 0 radical (unpaired) electrons. The molecule has 2 N–H and O–H groups in total. The maximum absolute atomic E-state index is 7.57. The summed E-state index contributed by atoms with van der Waals surface area (Å²) in [5, 5.41) is 7.57. The van der Waals surface area contributed by atoms with Gasteiger partial charge in [-0.05, 0) is 6.92 Å². The van der Waals surface area contributed by atoms with Gasteiger partial charge in [-0.2, -0.15) is 0 Å². The van der Waals surface area contributed by atoms with Crippen LogP contribution >= 0.6 is 0 Å². The minimum Gasteiger partial charge on any atom is -0.521 e. The number of hydrogen-bond donors (Lipinski definition) is 2. The molecule has 0 aliphatic rings. The topological polar surface area (TPSA) is 40.5 Å². The quantitative estimate of drug-likeness (QED) is 0.358.